The normalized spacial score (nSPS) is 10.9. The van der Waals surface area contributed by atoms with E-state index in [-0.39, 0.29) is 11.3 Å². The summed E-state index contributed by atoms with van der Waals surface area (Å²) in [4.78, 5) is 13.9. The summed E-state index contributed by atoms with van der Waals surface area (Å²) in [5.41, 5.74) is 2.50. The molecule has 0 bridgehead atoms. The fourth-order valence-electron chi connectivity index (χ4n) is 2.34. The van der Waals surface area contributed by atoms with E-state index in [4.69, 9.17) is 4.42 Å². The van der Waals surface area contributed by atoms with Gasteiger partial charge in [-0.1, -0.05) is 36.4 Å². The highest BCUT2D eigenvalue weighted by Crippen LogP contribution is 2.33. The van der Waals surface area contributed by atoms with Gasteiger partial charge < -0.3 is 14.4 Å². The van der Waals surface area contributed by atoms with Crippen LogP contribution in [0, 0.1) is 6.92 Å². The molecule has 3 aromatic rings. The van der Waals surface area contributed by atoms with E-state index in [1.54, 1.807) is 6.07 Å². The van der Waals surface area contributed by atoms with Crippen molar-refractivity contribution in [3.63, 3.8) is 0 Å². The van der Waals surface area contributed by atoms with Crippen LogP contribution in [0.5, 0.6) is 0 Å². The van der Waals surface area contributed by atoms with E-state index >= 15 is 0 Å². The second kappa shape index (κ2) is 5.93. The molecule has 23 heavy (non-hydrogen) atoms. The van der Waals surface area contributed by atoms with Crippen molar-refractivity contribution in [2.75, 3.05) is 11.9 Å². The number of anilines is 1. The van der Waals surface area contributed by atoms with Gasteiger partial charge in [0.25, 0.3) is 0 Å². The molecule has 118 valence electrons. The smallest absolute Gasteiger partial charge is 0.347 e. The molecular weight excluding hydrogens is 310 g/mol. The molecule has 1 aromatic carbocycles. The zero-order chi connectivity index (χ0) is 16.6. The molecule has 0 aliphatic rings. The Morgan fingerprint density at radius 3 is 2.65 bits per heavy atom. The Morgan fingerprint density at radius 1 is 1.30 bits per heavy atom. The molecule has 3 rings (SSSR count). The number of benzene rings is 1. The van der Waals surface area contributed by atoms with Crippen LogP contribution in [0.1, 0.15) is 16.7 Å². The number of aliphatic hydroxyl groups is 1. The third kappa shape index (κ3) is 3.14. The number of hydrogen-bond donors (Lipinski definition) is 1. The fourth-order valence-corrected chi connectivity index (χ4v) is 3.33. The SMILES string of the molecule is C=C(O)c1cc2sc(N(C)Cc3ccc(C)cc3)cc2oc1=O. The molecule has 4 nitrogen and oxygen atoms in total. The van der Waals surface area contributed by atoms with Gasteiger partial charge in [0.15, 0.2) is 5.58 Å². The summed E-state index contributed by atoms with van der Waals surface area (Å²) in [5, 5.41) is 10.4. The Labute approximate surface area is 137 Å². The van der Waals surface area contributed by atoms with Crippen molar-refractivity contribution in [2.45, 2.75) is 13.5 Å². The Hall–Kier alpha value is -2.53. The van der Waals surface area contributed by atoms with Gasteiger partial charge in [0, 0.05) is 19.7 Å². The lowest BCUT2D eigenvalue weighted by molar-refractivity contribution is 0.499. The summed E-state index contributed by atoms with van der Waals surface area (Å²) < 4.78 is 6.06. The summed E-state index contributed by atoms with van der Waals surface area (Å²) >= 11 is 1.51. The third-order valence-corrected chi connectivity index (χ3v) is 4.82. The molecule has 1 N–H and O–H groups in total. The lowest BCUT2D eigenvalue weighted by Crippen LogP contribution is -2.14. The monoisotopic (exact) mass is 327 g/mol. The van der Waals surface area contributed by atoms with E-state index < -0.39 is 5.63 Å². The maximum Gasteiger partial charge on any atom is 0.347 e. The third-order valence-electron chi connectivity index (χ3n) is 3.64. The van der Waals surface area contributed by atoms with Crippen molar-refractivity contribution < 1.29 is 9.52 Å². The minimum Gasteiger partial charge on any atom is -0.508 e. The average Bonchev–Trinajstić information content (AvgIpc) is 2.91. The second-order valence-electron chi connectivity index (χ2n) is 5.55. The molecular formula is C18H17NO3S. The number of aryl methyl sites for hydroxylation is 1. The lowest BCUT2D eigenvalue weighted by atomic mass is 10.1. The van der Waals surface area contributed by atoms with Crippen LogP contribution < -0.4 is 10.5 Å². The summed E-state index contributed by atoms with van der Waals surface area (Å²) in [6.45, 7) is 6.21. The van der Waals surface area contributed by atoms with Crippen LogP contribution in [0.2, 0.25) is 0 Å². The Morgan fingerprint density at radius 2 is 2.00 bits per heavy atom. The van der Waals surface area contributed by atoms with Crippen LogP contribution in [-0.4, -0.2) is 12.2 Å². The number of thiophene rings is 1. The van der Waals surface area contributed by atoms with Gasteiger partial charge in [-0.15, -0.1) is 11.3 Å². The van der Waals surface area contributed by atoms with Crippen LogP contribution in [0.15, 0.2) is 52.2 Å². The lowest BCUT2D eigenvalue weighted by Gasteiger charge is -2.16. The minimum absolute atomic E-state index is 0.104. The van der Waals surface area contributed by atoms with Crippen molar-refractivity contribution in [3.05, 3.63) is 70.1 Å². The molecule has 2 heterocycles. The number of nitrogens with zero attached hydrogens (tertiary/aromatic N) is 1. The van der Waals surface area contributed by atoms with E-state index in [2.05, 4.69) is 42.7 Å². The fraction of sp³-hybridized carbons (Fsp3) is 0.167. The van der Waals surface area contributed by atoms with E-state index in [9.17, 15) is 9.90 Å². The summed E-state index contributed by atoms with van der Waals surface area (Å²) in [7, 11) is 1.99. The van der Waals surface area contributed by atoms with Gasteiger partial charge in [-0.3, -0.25) is 0 Å². The van der Waals surface area contributed by atoms with Crippen LogP contribution >= 0.6 is 11.3 Å². The van der Waals surface area contributed by atoms with E-state index in [1.807, 2.05) is 13.1 Å². The zero-order valence-electron chi connectivity index (χ0n) is 13.0. The molecule has 0 atom stereocenters. The number of aliphatic hydroxyl groups excluding tert-OH is 1. The topological polar surface area (TPSA) is 53.7 Å². The van der Waals surface area contributed by atoms with Crippen molar-refractivity contribution in [1.82, 2.24) is 0 Å². The predicted molar refractivity (Wildman–Crippen MR) is 95.3 cm³/mol. The Bertz CT molecular complexity index is 922. The van der Waals surface area contributed by atoms with Crippen molar-refractivity contribution >= 4 is 32.4 Å². The van der Waals surface area contributed by atoms with Crippen molar-refractivity contribution in [2.24, 2.45) is 0 Å². The van der Waals surface area contributed by atoms with E-state index in [0.717, 1.165) is 16.2 Å². The van der Waals surface area contributed by atoms with Gasteiger partial charge in [0.2, 0.25) is 0 Å². The van der Waals surface area contributed by atoms with Crippen molar-refractivity contribution in [1.29, 1.82) is 0 Å². The molecule has 0 radical (unpaired) electrons. The largest absolute Gasteiger partial charge is 0.508 e. The highest BCUT2D eigenvalue weighted by atomic mass is 32.1. The van der Waals surface area contributed by atoms with Crippen molar-refractivity contribution in [3.8, 4) is 0 Å². The first-order valence-electron chi connectivity index (χ1n) is 7.16. The number of fused-ring (bicyclic) bond motifs is 1. The minimum atomic E-state index is -0.574. The van der Waals surface area contributed by atoms with Gasteiger partial charge in [0.05, 0.1) is 9.70 Å². The molecule has 0 amide bonds. The molecule has 0 spiro atoms. The highest BCUT2D eigenvalue weighted by molar-refractivity contribution is 7.22. The van der Waals surface area contributed by atoms with Crippen LogP contribution in [0.25, 0.3) is 16.0 Å². The van der Waals surface area contributed by atoms with Gasteiger partial charge in [-0.25, -0.2) is 4.79 Å². The number of hydrogen-bond acceptors (Lipinski definition) is 5. The van der Waals surface area contributed by atoms with Gasteiger partial charge >= 0.3 is 5.63 Å². The molecule has 0 saturated heterocycles. The van der Waals surface area contributed by atoms with Crippen LogP contribution in [0.4, 0.5) is 5.00 Å². The Kier molecular flexibility index (Phi) is 3.96. The van der Waals surface area contributed by atoms with Gasteiger partial charge in [0.1, 0.15) is 11.3 Å². The Balaban J connectivity index is 1.91. The molecule has 0 saturated carbocycles. The zero-order valence-corrected chi connectivity index (χ0v) is 13.8. The summed E-state index contributed by atoms with van der Waals surface area (Å²) in [5.74, 6) is -0.274. The number of rotatable bonds is 4. The maximum absolute atomic E-state index is 11.8. The van der Waals surface area contributed by atoms with Crippen LogP contribution in [-0.2, 0) is 6.54 Å². The summed E-state index contributed by atoms with van der Waals surface area (Å²) in [6.07, 6.45) is 0. The molecule has 2 aromatic heterocycles. The quantitative estimate of drug-likeness (QED) is 0.725. The van der Waals surface area contributed by atoms with Gasteiger partial charge in [-0.2, -0.15) is 0 Å². The second-order valence-corrected chi connectivity index (χ2v) is 6.61. The first-order chi connectivity index (χ1) is 10.9. The predicted octanol–water partition coefficient (Wildman–Crippen LogP) is 4.33. The summed E-state index contributed by atoms with van der Waals surface area (Å²) in [6, 6.07) is 11.9. The molecule has 5 heteroatoms. The van der Waals surface area contributed by atoms with Crippen LogP contribution in [0.3, 0.4) is 0 Å². The maximum atomic E-state index is 11.8. The molecule has 0 fully saturated rings. The molecule has 0 aliphatic heterocycles. The van der Waals surface area contributed by atoms with E-state index in [0.29, 0.717) is 5.58 Å². The highest BCUT2D eigenvalue weighted by Gasteiger charge is 2.13. The van der Waals surface area contributed by atoms with Gasteiger partial charge in [-0.05, 0) is 18.6 Å². The molecule has 0 aliphatic carbocycles. The van der Waals surface area contributed by atoms with E-state index in [1.165, 1.54) is 22.5 Å². The molecule has 0 unspecified atom stereocenters. The first-order valence-corrected chi connectivity index (χ1v) is 7.98. The first kappa shape index (κ1) is 15.4. The standard InChI is InChI=1S/C18H17NO3S/c1-11-4-6-13(7-5-11)10-19(3)17-9-15-16(23-17)8-14(12(2)20)18(21)22-15/h4-9,20H,2,10H2,1,3H3. The average molecular weight is 327 g/mol.